The van der Waals surface area contributed by atoms with Crippen molar-refractivity contribution in [2.45, 2.75) is 109 Å². The smallest absolute Gasteiger partial charge is 0.432 e. The van der Waals surface area contributed by atoms with Gasteiger partial charge in [0.2, 0.25) is 0 Å². The molecule has 47 heavy (non-hydrogen) atoms. The van der Waals surface area contributed by atoms with Gasteiger partial charge < -0.3 is 9.47 Å². The second kappa shape index (κ2) is 14.6. The summed E-state index contributed by atoms with van der Waals surface area (Å²) in [4.78, 5) is 0. The molecule has 2 aliphatic carbocycles. The number of halogens is 9. The van der Waals surface area contributed by atoms with Crippen LogP contribution in [0.1, 0.15) is 89.5 Å². The van der Waals surface area contributed by atoms with Gasteiger partial charge in [-0.05, 0) is 110 Å². The van der Waals surface area contributed by atoms with Gasteiger partial charge in [0.15, 0.2) is 0 Å². The largest absolute Gasteiger partial charge is 0.527 e. The van der Waals surface area contributed by atoms with Gasteiger partial charge in [-0.3, -0.25) is 0 Å². The van der Waals surface area contributed by atoms with E-state index >= 15 is 8.78 Å². The molecule has 0 spiro atoms. The molecule has 262 valence electrons. The van der Waals surface area contributed by atoms with Crippen molar-refractivity contribution in [2.24, 2.45) is 29.6 Å². The van der Waals surface area contributed by atoms with E-state index in [-0.39, 0.29) is 41.7 Å². The molecule has 2 atom stereocenters. The fraction of sp³-hybridized carbons (Fsp3) is 0.657. The Balaban J connectivity index is 1.11. The van der Waals surface area contributed by atoms with E-state index < -0.39 is 41.7 Å². The minimum absolute atomic E-state index is 0.0319. The first kappa shape index (κ1) is 35.8. The lowest BCUT2D eigenvalue weighted by Gasteiger charge is -2.42. The maximum atomic E-state index is 15.2. The summed E-state index contributed by atoms with van der Waals surface area (Å²) in [7, 11) is 0. The van der Waals surface area contributed by atoms with E-state index in [0.29, 0.717) is 30.9 Å². The average Bonchev–Trinajstić information content (AvgIpc) is 3.00. The molecular formula is C35H41F9O3. The highest BCUT2D eigenvalue weighted by Gasteiger charge is 2.50. The normalized spacial score (nSPS) is 27.9. The predicted molar refractivity (Wildman–Crippen MR) is 157 cm³/mol. The fourth-order valence-corrected chi connectivity index (χ4v) is 7.89. The van der Waals surface area contributed by atoms with Gasteiger partial charge in [0.05, 0.1) is 18.6 Å². The second-order valence-corrected chi connectivity index (χ2v) is 13.5. The number of ether oxygens (including phenoxy) is 3. The molecule has 2 saturated carbocycles. The van der Waals surface area contributed by atoms with Crippen LogP contribution in [0.25, 0.3) is 11.1 Å². The molecule has 3 nitrogen and oxygen atoms in total. The van der Waals surface area contributed by atoms with Crippen LogP contribution in [0.15, 0.2) is 36.4 Å². The predicted octanol–water partition coefficient (Wildman–Crippen LogP) is 11.4. The van der Waals surface area contributed by atoms with Gasteiger partial charge in [0.1, 0.15) is 22.9 Å². The summed E-state index contributed by atoms with van der Waals surface area (Å²) >= 11 is 0. The van der Waals surface area contributed by atoms with Crippen LogP contribution in [0.3, 0.4) is 0 Å². The molecule has 2 unspecified atom stereocenters. The first-order chi connectivity index (χ1) is 22.1. The Kier molecular flexibility index (Phi) is 11.1. The quantitative estimate of drug-likeness (QED) is 0.234. The minimum Gasteiger partial charge on any atom is -0.432 e. The van der Waals surface area contributed by atoms with Crippen LogP contribution in [0, 0.1) is 41.2 Å². The Hall–Kier alpha value is -2.47. The van der Waals surface area contributed by atoms with E-state index in [9.17, 15) is 30.7 Å². The van der Waals surface area contributed by atoms with E-state index in [0.717, 1.165) is 43.4 Å². The lowest BCUT2D eigenvalue weighted by Crippen LogP contribution is -2.41. The van der Waals surface area contributed by atoms with Crippen molar-refractivity contribution in [1.29, 1.82) is 0 Å². The molecular weight excluding hydrogens is 639 g/mol. The molecule has 12 heteroatoms. The summed E-state index contributed by atoms with van der Waals surface area (Å²) in [5.74, 6) is -2.75. The van der Waals surface area contributed by atoms with Crippen molar-refractivity contribution in [3.63, 3.8) is 0 Å². The summed E-state index contributed by atoms with van der Waals surface area (Å²) in [6.07, 6.45) is -2.93. The molecule has 1 saturated heterocycles. The zero-order chi connectivity index (χ0) is 34.0. The van der Waals surface area contributed by atoms with Crippen molar-refractivity contribution < 1.29 is 53.7 Å². The molecule has 1 heterocycles. The third kappa shape index (κ3) is 8.96. The van der Waals surface area contributed by atoms with Crippen molar-refractivity contribution >= 4 is 0 Å². The maximum Gasteiger partial charge on any atom is 0.527 e. The molecule has 0 N–H and O–H groups in total. The zero-order valence-corrected chi connectivity index (χ0v) is 26.2. The van der Waals surface area contributed by atoms with Crippen molar-refractivity contribution in [3.8, 4) is 16.9 Å². The van der Waals surface area contributed by atoms with E-state index in [1.54, 1.807) is 0 Å². The van der Waals surface area contributed by atoms with Gasteiger partial charge in [-0.1, -0.05) is 44.7 Å². The molecule has 2 aromatic rings. The Labute approximate surface area is 269 Å². The van der Waals surface area contributed by atoms with Gasteiger partial charge in [0, 0.05) is 0 Å². The Morgan fingerprint density at radius 2 is 1.28 bits per heavy atom. The highest BCUT2D eigenvalue weighted by atomic mass is 19.4. The number of benzene rings is 2. The van der Waals surface area contributed by atoms with Crippen LogP contribution in [0.2, 0.25) is 0 Å². The first-order valence-corrected chi connectivity index (χ1v) is 16.6. The highest BCUT2D eigenvalue weighted by molar-refractivity contribution is 5.65. The standard InChI is InChI=1S/C35H41F9O3/c1-2-3-21-4-6-22(7-5-21)25-12-17-31(45-20-25)24-8-13-27(14-9-24)33(38,39)46-28-15-10-23(11-16-28)26-18-29(36)32(30(37)19-26)34(40,41)47-35(42,43)44/h10-11,15-16,18-19,21-22,24-25,27,31H,2-9,12-14,17,20H2,1H3. The summed E-state index contributed by atoms with van der Waals surface area (Å²) in [6, 6.07) is 5.47. The van der Waals surface area contributed by atoms with E-state index in [1.807, 2.05) is 0 Å². The zero-order valence-electron chi connectivity index (χ0n) is 26.2. The third-order valence-corrected chi connectivity index (χ3v) is 10.4. The van der Waals surface area contributed by atoms with Gasteiger partial charge in [-0.2, -0.15) is 17.6 Å². The fourth-order valence-electron chi connectivity index (χ4n) is 7.89. The van der Waals surface area contributed by atoms with Gasteiger partial charge in [0.25, 0.3) is 0 Å². The molecule has 2 aromatic carbocycles. The van der Waals surface area contributed by atoms with Crippen LogP contribution >= 0.6 is 0 Å². The van der Waals surface area contributed by atoms with E-state index in [1.165, 1.54) is 50.7 Å². The molecule has 0 aromatic heterocycles. The maximum absolute atomic E-state index is 15.2. The van der Waals surface area contributed by atoms with Gasteiger partial charge in [-0.25, -0.2) is 13.5 Å². The second-order valence-electron chi connectivity index (χ2n) is 13.5. The molecule has 3 aliphatic rings. The molecule has 5 rings (SSSR count). The lowest BCUT2D eigenvalue weighted by atomic mass is 9.71. The summed E-state index contributed by atoms with van der Waals surface area (Å²) < 4.78 is 137. The lowest BCUT2D eigenvalue weighted by molar-refractivity contribution is -0.432. The van der Waals surface area contributed by atoms with Crippen LogP contribution < -0.4 is 4.74 Å². The molecule has 3 fully saturated rings. The molecule has 0 bridgehead atoms. The summed E-state index contributed by atoms with van der Waals surface area (Å²) in [5.41, 5.74) is -2.48. The van der Waals surface area contributed by atoms with Gasteiger partial charge >= 0.3 is 18.6 Å². The highest BCUT2D eigenvalue weighted by Crippen LogP contribution is 2.45. The van der Waals surface area contributed by atoms with Crippen molar-refractivity contribution in [2.75, 3.05) is 6.61 Å². The number of hydrogen-bond donors (Lipinski definition) is 0. The van der Waals surface area contributed by atoms with Crippen LogP contribution in [0.5, 0.6) is 5.75 Å². The number of rotatable bonds is 10. The summed E-state index contributed by atoms with van der Waals surface area (Å²) in [6.45, 7) is 3.00. The average molecular weight is 681 g/mol. The van der Waals surface area contributed by atoms with Crippen LogP contribution in [-0.4, -0.2) is 25.2 Å². The topological polar surface area (TPSA) is 27.7 Å². The Morgan fingerprint density at radius 3 is 1.81 bits per heavy atom. The van der Waals surface area contributed by atoms with E-state index in [4.69, 9.17) is 9.47 Å². The van der Waals surface area contributed by atoms with E-state index in [2.05, 4.69) is 11.7 Å². The minimum atomic E-state index is -5.85. The first-order valence-electron chi connectivity index (χ1n) is 16.6. The Bertz CT molecular complexity index is 1280. The Morgan fingerprint density at radius 1 is 0.702 bits per heavy atom. The molecule has 0 amide bonds. The molecule has 1 aliphatic heterocycles. The SMILES string of the molecule is CCCC1CCC(C2CCC(C3CCC(C(F)(F)Oc4ccc(-c5cc(F)c(C(F)(F)OC(F)(F)F)c(F)c5)cc4)CC3)OC2)CC1. The van der Waals surface area contributed by atoms with Crippen molar-refractivity contribution in [3.05, 3.63) is 53.6 Å². The summed E-state index contributed by atoms with van der Waals surface area (Å²) in [5, 5.41) is 0. The van der Waals surface area contributed by atoms with Gasteiger partial charge in [-0.15, -0.1) is 13.2 Å². The van der Waals surface area contributed by atoms with Crippen molar-refractivity contribution in [1.82, 2.24) is 0 Å². The van der Waals surface area contributed by atoms with Crippen LogP contribution in [0.4, 0.5) is 39.5 Å². The molecule has 0 radical (unpaired) electrons. The van der Waals surface area contributed by atoms with Crippen LogP contribution in [-0.2, 0) is 15.6 Å². The third-order valence-electron chi connectivity index (χ3n) is 10.4. The number of hydrogen-bond acceptors (Lipinski definition) is 3. The monoisotopic (exact) mass is 680 g/mol. The number of alkyl halides is 7.